The molecule has 1 aromatic carbocycles. The number of hydrogen-bond donors (Lipinski definition) is 2. The Hall–Kier alpha value is -1.02. The van der Waals surface area contributed by atoms with Gasteiger partial charge in [-0.2, -0.15) is 0 Å². The van der Waals surface area contributed by atoms with Crippen molar-refractivity contribution in [2.75, 3.05) is 0 Å². The zero-order valence-electron chi connectivity index (χ0n) is 12.2. The number of fused-ring (bicyclic) bond motifs is 5. The molecule has 0 heterocycles. The molecule has 2 nitrogen and oxygen atoms in total. The maximum atomic E-state index is 11.1. The van der Waals surface area contributed by atoms with Crippen LogP contribution in [0.3, 0.4) is 0 Å². The van der Waals surface area contributed by atoms with Crippen molar-refractivity contribution in [1.29, 1.82) is 0 Å². The number of phenols is 1. The maximum absolute atomic E-state index is 11.1. The second-order valence-electron chi connectivity index (χ2n) is 7.31. The minimum Gasteiger partial charge on any atom is -0.508 e. The van der Waals surface area contributed by atoms with Crippen molar-refractivity contribution in [2.24, 2.45) is 17.8 Å². The molecule has 2 saturated carbocycles. The first kappa shape index (κ1) is 12.7. The average Bonchev–Trinajstić information content (AvgIpc) is 2.74. The molecule has 108 valence electrons. The third kappa shape index (κ3) is 1.60. The van der Waals surface area contributed by atoms with Gasteiger partial charge in [0.1, 0.15) is 5.75 Å². The van der Waals surface area contributed by atoms with Gasteiger partial charge >= 0.3 is 0 Å². The lowest BCUT2D eigenvalue weighted by Crippen LogP contribution is -2.48. The van der Waals surface area contributed by atoms with Crippen LogP contribution < -0.4 is 0 Å². The zero-order valence-corrected chi connectivity index (χ0v) is 12.2. The maximum Gasteiger partial charge on any atom is 0.115 e. The smallest absolute Gasteiger partial charge is 0.115 e. The topological polar surface area (TPSA) is 40.5 Å². The van der Waals surface area contributed by atoms with Crippen molar-refractivity contribution in [3.63, 3.8) is 0 Å². The van der Waals surface area contributed by atoms with Gasteiger partial charge in [-0.05, 0) is 85.5 Å². The van der Waals surface area contributed by atoms with Gasteiger partial charge in [0.05, 0.1) is 5.60 Å². The summed E-state index contributed by atoms with van der Waals surface area (Å²) in [5, 5.41) is 20.7. The third-order valence-corrected chi connectivity index (χ3v) is 6.57. The molecule has 5 atom stereocenters. The van der Waals surface area contributed by atoms with Crippen molar-refractivity contribution >= 4 is 0 Å². The van der Waals surface area contributed by atoms with Crippen molar-refractivity contribution in [3.05, 3.63) is 29.3 Å². The molecular formula is C18H24O2. The number of rotatable bonds is 0. The van der Waals surface area contributed by atoms with Gasteiger partial charge < -0.3 is 10.2 Å². The van der Waals surface area contributed by atoms with Gasteiger partial charge in [0, 0.05) is 0 Å². The quantitative estimate of drug-likeness (QED) is 0.757. The summed E-state index contributed by atoms with van der Waals surface area (Å²) in [4.78, 5) is 0. The fraction of sp³-hybridized carbons (Fsp3) is 0.667. The highest BCUT2D eigenvalue weighted by Crippen LogP contribution is 2.58. The molecule has 20 heavy (non-hydrogen) atoms. The van der Waals surface area contributed by atoms with Crippen LogP contribution in [0.5, 0.6) is 5.75 Å². The van der Waals surface area contributed by atoms with E-state index in [-0.39, 0.29) is 0 Å². The van der Waals surface area contributed by atoms with Crippen LogP contribution in [0, 0.1) is 17.8 Å². The predicted octanol–water partition coefficient (Wildman–Crippen LogP) is 3.61. The van der Waals surface area contributed by atoms with Crippen LogP contribution in [0.25, 0.3) is 0 Å². The Morgan fingerprint density at radius 3 is 2.85 bits per heavy atom. The summed E-state index contributed by atoms with van der Waals surface area (Å²) in [5.41, 5.74) is 2.39. The molecule has 0 saturated heterocycles. The van der Waals surface area contributed by atoms with Gasteiger partial charge in [-0.25, -0.2) is 0 Å². The number of hydrogen-bond acceptors (Lipinski definition) is 2. The summed E-state index contributed by atoms with van der Waals surface area (Å²) in [7, 11) is 0. The van der Waals surface area contributed by atoms with Gasteiger partial charge in [0.25, 0.3) is 0 Å². The number of benzene rings is 1. The molecule has 2 fully saturated rings. The Bertz CT molecular complexity index is 538. The Morgan fingerprint density at radius 1 is 1.15 bits per heavy atom. The molecule has 3 aliphatic rings. The van der Waals surface area contributed by atoms with Gasteiger partial charge in [0.2, 0.25) is 0 Å². The molecule has 1 aromatic rings. The number of aliphatic hydroxyl groups is 1. The fourth-order valence-corrected chi connectivity index (χ4v) is 5.47. The molecule has 4 rings (SSSR count). The third-order valence-electron chi connectivity index (χ3n) is 6.57. The summed E-state index contributed by atoms with van der Waals surface area (Å²) in [6.45, 7) is 2.23. The van der Waals surface area contributed by atoms with Gasteiger partial charge in [-0.1, -0.05) is 13.0 Å². The average molecular weight is 272 g/mol. The van der Waals surface area contributed by atoms with E-state index in [9.17, 15) is 10.2 Å². The Labute approximate surface area is 120 Å². The van der Waals surface area contributed by atoms with E-state index in [0.717, 1.165) is 19.3 Å². The normalized spacial score (nSPS) is 42.7. The van der Waals surface area contributed by atoms with Crippen molar-refractivity contribution in [2.45, 2.75) is 57.0 Å². The Balaban J connectivity index is 1.71. The summed E-state index contributed by atoms with van der Waals surface area (Å²) in [6, 6.07) is 5.91. The molecule has 0 spiro atoms. The zero-order chi connectivity index (χ0) is 13.9. The van der Waals surface area contributed by atoms with Crippen LogP contribution in [-0.4, -0.2) is 15.8 Å². The highest BCUT2D eigenvalue weighted by Gasteiger charge is 2.55. The second kappa shape index (κ2) is 4.24. The summed E-state index contributed by atoms with van der Waals surface area (Å²) in [6.07, 6.45) is 6.70. The van der Waals surface area contributed by atoms with E-state index in [1.807, 2.05) is 12.1 Å². The lowest BCUT2D eigenvalue weighted by atomic mass is 9.58. The molecule has 0 aromatic heterocycles. The summed E-state index contributed by atoms with van der Waals surface area (Å²) < 4.78 is 0. The minimum atomic E-state index is -0.393. The van der Waals surface area contributed by atoms with Crippen molar-refractivity contribution < 1.29 is 10.2 Å². The van der Waals surface area contributed by atoms with E-state index in [1.165, 1.54) is 30.4 Å². The van der Waals surface area contributed by atoms with Crippen LogP contribution in [0.2, 0.25) is 0 Å². The van der Waals surface area contributed by atoms with E-state index < -0.39 is 5.60 Å². The van der Waals surface area contributed by atoms with Crippen molar-refractivity contribution in [3.8, 4) is 5.75 Å². The highest BCUT2D eigenvalue weighted by atomic mass is 16.3. The van der Waals surface area contributed by atoms with Crippen LogP contribution in [0.4, 0.5) is 0 Å². The number of aromatic hydroxyl groups is 1. The summed E-state index contributed by atoms with van der Waals surface area (Å²) in [5.74, 6) is 2.61. The Kier molecular flexibility index (Phi) is 2.69. The monoisotopic (exact) mass is 272 g/mol. The standard InChI is InChI=1S/C18H24O2/c1-11-2-7-17-16-5-3-12-10-13(19)4-6-14(12)15(16)8-9-18(11,17)20/h4,6,10-11,15-17,19-20H,2-3,5,7-9H2,1H3/t11-,15?,16?,17?,18?/m1/s1. The van der Waals surface area contributed by atoms with Gasteiger partial charge in [0.15, 0.2) is 0 Å². The molecule has 2 heteroatoms. The first-order valence-corrected chi connectivity index (χ1v) is 8.14. The van der Waals surface area contributed by atoms with E-state index in [1.54, 1.807) is 0 Å². The molecule has 3 aliphatic carbocycles. The molecule has 0 amide bonds. The second-order valence-corrected chi connectivity index (χ2v) is 7.31. The van der Waals surface area contributed by atoms with E-state index in [2.05, 4.69) is 13.0 Å². The van der Waals surface area contributed by atoms with Crippen LogP contribution in [0.1, 0.15) is 56.1 Å². The number of aryl methyl sites for hydroxylation is 1. The largest absolute Gasteiger partial charge is 0.508 e. The van der Waals surface area contributed by atoms with E-state index in [4.69, 9.17) is 0 Å². The molecular weight excluding hydrogens is 248 g/mol. The fourth-order valence-electron chi connectivity index (χ4n) is 5.47. The molecule has 2 N–H and O–H groups in total. The molecule has 4 unspecified atom stereocenters. The van der Waals surface area contributed by atoms with Crippen LogP contribution >= 0.6 is 0 Å². The predicted molar refractivity (Wildman–Crippen MR) is 78.7 cm³/mol. The number of phenolic OH excluding ortho intramolecular Hbond substituents is 1. The summed E-state index contributed by atoms with van der Waals surface area (Å²) >= 11 is 0. The SMILES string of the molecule is C[C@@H]1CCC2C3CCc4cc(O)ccc4C3CCC21O. The van der Waals surface area contributed by atoms with E-state index in [0.29, 0.717) is 29.4 Å². The molecule has 0 bridgehead atoms. The van der Waals surface area contributed by atoms with Crippen LogP contribution in [0.15, 0.2) is 18.2 Å². The lowest BCUT2D eigenvalue weighted by molar-refractivity contribution is -0.0889. The molecule has 0 radical (unpaired) electrons. The van der Waals surface area contributed by atoms with Crippen molar-refractivity contribution in [1.82, 2.24) is 0 Å². The van der Waals surface area contributed by atoms with Crippen LogP contribution in [-0.2, 0) is 6.42 Å². The first-order chi connectivity index (χ1) is 9.59. The van der Waals surface area contributed by atoms with E-state index >= 15 is 0 Å². The Morgan fingerprint density at radius 2 is 2.00 bits per heavy atom. The van der Waals surface area contributed by atoms with Gasteiger partial charge in [-0.3, -0.25) is 0 Å². The highest BCUT2D eigenvalue weighted by molar-refractivity contribution is 5.40. The minimum absolute atomic E-state index is 0.393. The lowest BCUT2D eigenvalue weighted by Gasteiger charge is -2.49. The van der Waals surface area contributed by atoms with Gasteiger partial charge in [-0.15, -0.1) is 0 Å². The molecule has 0 aliphatic heterocycles. The first-order valence-electron chi connectivity index (χ1n) is 8.14.